The quantitative estimate of drug-likeness (QED) is 0.758. The van der Waals surface area contributed by atoms with Crippen molar-refractivity contribution < 1.29 is 9.90 Å². The minimum Gasteiger partial charge on any atom is -0.478 e. The minimum atomic E-state index is -0.864. The van der Waals surface area contributed by atoms with Gasteiger partial charge in [-0.3, -0.25) is 0 Å². The summed E-state index contributed by atoms with van der Waals surface area (Å²) in [7, 11) is 0. The van der Waals surface area contributed by atoms with Crippen LogP contribution in [0.15, 0.2) is 47.5 Å². The van der Waals surface area contributed by atoms with Crippen molar-refractivity contribution >= 4 is 38.4 Å². The number of fused-ring (bicyclic) bond motifs is 1. The van der Waals surface area contributed by atoms with Gasteiger partial charge in [0.25, 0.3) is 0 Å². The molecular weight excluding hydrogens is 354 g/mol. The van der Waals surface area contributed by atoms with Gasteiger partial charge in [-0.2, -0.15) is 0 Å². The second-order valence-electron chi connectivity index (χ2n) is 6.06. The molecule has 0 spiro atoms. The molecule has 0 unspecified atom stereocenters. The van der Waals surface area contributed by atoms with Crippen molar-refractivity contribution in [1.82, 2.24) is 0 Å². The van der Waals surface area contributed by atoms with Crippen molar-refractivity contribution in [2.75, 3.05) is 18.0 Å². The number of nitrogens with zero attached hydrogens (tertiary/aromatic N) is 1. The van der Waals surface area contributed by atoms with Crippen LogP contribution < -0.4 is 4.90 Å². The molecule has 3 rings (SSSR count). The first kappa shape index (κ1) is 16.1. The van der Waals surface area contributed by atoms with Gasteiger partial charge in [-0.25, -0.2) is 4.79 Å². The molecule has 0 atom stereocenters. The van der Waals surface area contributed by atoms with Crippen molar-refractivity contribution in [3.8, 4) is 0 Å². The van der Waals surface area contributed by atoms with Crippen LogP contribution in [-0.2, 0) is 0 Å². The van der Waals surface area contributed by atoms with Gasteiger partial charge in [-0.05, 0) is 42.0 Å². The maximum Gasteiger partial charge on any atom is 0.338 e. The van der Waals surface area contributed by atoms with Crippen molar-refractivity contribution in [2.45, 2.75) is 19.3 Å². The molecule has 23 heavy (non-hydrogen) atoms. The van der Waals surface area contributed by atoms with Crippen molar-refractivity contribution in [2.24, 2.45) is 5.92 Å². The lowest BCUT2D eigenvalue weighted by Gasteiger charge is -2.34. The first-order chi connectivity index (χ1) is 11.1. The molecule has 2 aromatic carbocycles. The lowest BCUT2D eigenvalue weighted by molar-refractivity contribution is 0.0699. The van der Waals surface area contributed by atoms with E-state index < -0.39 is 5.97 Å². The Balaban J connectivity index is 2.02. The smallest absolute Gasteiger partial charge is 0.338 e. The van der Waals surface area contributed by atoms with Crippen molar-refractivity contribution in [3.63, 3.8) is 0 Å². The summed E-state index contributed by atoms with van der Waals surface area (Å²) in [6.07, 6.45) is 5.18. The molecule has 0 bridgehead atoms. The van der Waals surface area contributed by atoms with Gasteiger partial charge in [-0.15, -0.1) is 6.58 Å². The largest absolute Gasteiger partial charge is 0.478 e. The lowest BCUT2D eigenvalue weighted by atomic mass is 9.92. The summed E-state index contributed by atoms with van der Waals surface area (Å²) in [5.74, 6) is -0.196. The Kier molecular flexibility index (Phi) is 4.71. The molecule has 1 aliphatic heterocycles. The van der Waals surface area contributed by atoms with E-state index in [0.29, 0.717) is 11.5 Å². The topological polar surface area (TPSA) is 40.5 Å². The van der Waals surface area contributed by atoms with Crippen LogP contribution in [0.4, 0.5) is 5.69 Å². The van der Waals surface area contributed by atoms with E-state index in [4.69, 9.17) is 0 Å². The fourth-order valence-electron chi connectivity index (χ4n) is 3.44. The predicted octanol–water partition coefficient (Wildman–Crippen LogP) is 5.09. The van der Waals surface area contributed by atoms with Crippen LogP contribution in [0, 0.1) is 5.92 Å². The summed E-state index contributed by atoms with van der Waals surface area (Å²) in [6, 6.07) is 9.61. The second-order valence-corrected chi connectivity index (χ2v) is 6.91. The van der Waals surface area contributed by atoms with E-state index in [1.54, 1.807) is 0 Å². The summed E-state index contributed by atoms with van der Waals surface area (Å²) in [4.78, 5) is 14.1. The van der Waals surface area contributed by atoms with Gasteiger partial charge in [0.1, 0.15) is 0 Å². The summed E-state index contributed by atoms with van der Waals surface area (Å²) in [5.41, 5.74) is 1.23. The molecule has 0 aliphatic carbocycles. The average molecular weight is 374 g/mol. The molecule has 0 aromatic heterocycles. The van der Waals surface area contributed by atoms with E-state index in [-0.39, 0.29) is 0 Å². The Bertz CT molecular complexity index is 748. The highest BCUT2D eigenvalue weighted by atomic mass is 79.9. The molecule has 1 heterocycles. The average Bonchev–Trinajstić information content (AvgIpc) is 2.55. The number of benzene rings is 2. The molecule has 1 fully saturated rings. The molecule has 0 radical (unpaired) electrons. The summed E-state index contributed by atoms with van der Waals surface area (Å²) >= 11 is 3.60. The fraction of sp³-hybridized carbons (Fsp3) is 0.316. The number of anilines is 1. The zero-order valence-corrected chi connectivity index (χ0v) is 14.6. The number of allylic oxidation sites excluding steroid dienone is 1. The fourth-order valence-corrected chi connectivity index (χ4v) is 4.00. The van der Waals surface area contributed by atoms with E-state index in [1.807, 2.05) is 36.4 Å². The van der Waals surface area contributed by atoms with Gasteiger partial charge in [0.15, 0.2) is 0 Å². The number of aromatic carboxylic acids is 1. The number of hydrogen-bond acceptors (Lipinski definition) is 2. The van der Waals surface area contributed by atoms with Gasteiger partial charge >= 0.3 is 5.97 Å². The van der Waals surface area contributed by atoms with Crippen molar-refractivity contribution in [3.05, 3.63) is 53.0 Å². The summed E-state index contributed by atoms with van der Waals surface area (Å²) in [5, 5.41) is 11.5. The molecule has 3 nitrogen and oxygen atoms in total. The zero-order valence-electron chi connectivity index (χ0n) is 13.0. The van der Waals surface area contributed by atoms with Crippen LogP contribution in [0.5, 0.6) is 0 Å². The normalized spacial score (nSPS) is 15.8. The standard InChI is InChI=1S/C19H20BrNO2/c1-2-5-13-8-10-21(11-9-13)17-12-16(20)14-6-3-4-7-15(14)18(17)19(22)23/h2-4,6-7,12-13H,1,5,8-11H2,(H,22,23). The number of carboxylic acid groups (broad SMARTS) is 1. The molecule has 0 saturated carbocycles. The number of hydrogen-bond donors (Lipinski definition) is 1. The molecular formula is C19H20BrNO2. The Labute approximate surface area is 144 Å². The van der Waals surface area contributed by atoms with Gasteiger partial charge in [0.2, 0.25) is 0 Å². The predicted molar refractivity (Wildman–Crippen MR) is 98.4 cm³/mol. The summed E-state index contributed by atoms with van der Waals surface area (Å²) < 4.78 is 0.946. The third kappa shape index (κ3) is 3.13. The van der Waals surface area contributed by atoms with Gasteiger partial charge in [0.05, 0.1) is 11.3 Å². The second kappa shape index (κ2) is 6.75. The highest BCUT2D eigenvalue weighted by Gasteiger charge is 2.24. The number of carbonyl (C=O) groups is 1. The third-order valence-electron chi connectivity index (χ3n) is 4.64. The maximum absolute atomic E-state index is 11.9. The van der Waals surface area contributed by atoms with Crippen molar-refractivity contribution in [1.29, 1.82) is 0 Å². The van der Waals surface area contributed by atoms with E-state index in [1.165, 1.54) is 0 Å². The molecule has 1 N–H and O–H groups in total. The molecule has 2 aromatic rings. The van der Waals surface area contributed by atoms with Crippen LogP contribution in [-0.4, -0.2) is 24.2 Å². The van der Waals surface area contributed by atoms with Gasteiger partial charge in [-0.1, -0.05) is 46.3 Å². The minimum absolute atomic E-state index is 0.408. The third-order valence-corrected chi connectivity index (χ3v) is 5.30. The zero-order chi connectivity index (χ0) is 16.4. The highest BCUT2D eigenvalue weighted by molar-refractivity contribution is 9.10. The van der Waals surface area contributed by atoms with E-state index in [2.05, 4.69) is 27.4 Å². The lowest BCUT2D eigenvalue weighted by Crippen LogP contribution is -2.34. The van der Waals surface area contributed by atoms with Gasteiger partial charge < -0.3 is 10.0 Å². The molecule has 0 amide bonds. The molecule has 4 heteroatoms. The molecule has 1 saturated heterocycles. The van der Waals surface area contributed by atoms with Crippen LogP contribution in [0.2, 0.25) is 0 Å². The van der Waals surface area contributed by atoms with Gasteiger partial charge in [0, 0.05) is 17.6 Å². The number of halogens is 1. The monoisotopic (exact) mass is 373 g/mol. The Morgan fingerprint density at radius 2 is 1.96 bits per heavy atom. The number of piperidine rings is 1. The van der Waals surface area contributed by atoms with E-state index in [9.17, 15) is 9.90 Å². The Morgan fingerprint density at radius 3 is 2.57 bits per heavy atom. The van der Waals surface area contributed by atoms with Crippen LogP contribution in [0.3, 0.4) is 0 Å². The number of carboxylic acids is 1. The summed E-state index contributed by atoms with van der Waals surface area (Å²) in [6.45, 7) is 5.60. The van der Waals surface area contributed by atoms with E-state index in [0.717, 1.165) is 53.3 Å². The highest BCUT2D eigenvalue weighted by Crippen LogP contribution is 2.36. The first-order valence-corrected chi connectivity index (χ1v) is 8.71. The Morgan fingerprint density at radius 1 is 1.30 bits per heavy atom. The number of rotatable bonds is 4. The van der Waals surface area contributed by atoms with E-state index >= 15 is 0 Å². The SMILES string of the molecule is C=CCC1CCN(c2cc(Br)c3ccccc3c2C(=O)O)CC1. The van der Waals surface area contributed by atoms with Crippen LogP contribution >= 0.6 is 15.9 Å². The first-order valence-electron chi connectivity index (χ1n) is 7.92. The Hall–Kier alpha value is -1.81. The van der Waals surface area contributed by atoms with Crippen LogP contribution in [0.25, 0.3) is 10.8 Å². The molecule has 120 valence electrons. The maximum atomic E-state index is 11.9. The van der Waals surface area contributed by atoms with Crippen LogP contribution in [0.1, 0.15) is 29.6 Å². The molecule has 1 aliphatic rings.